The van der Waals surface area contributed by atoms with Gasteiger partial charge in [-0.1, -0.05) is 29.8 Å². The van der Waals surface area contributed by atoms with Gasteiger partial charge in [0.05, 0.1) is 6.10 Å². The maximum absolute atomic E-state index is 10.4. The van der Waals surface area contributed by atoms with Crippen LogP contribution in [-0.2, 0) is 0 Å². The van der Waals surface area contributed by atoms with Crippen LogP contribution in [0.5, 0.6) is 0 Å². The maximum Gasteiger partial charge on any atom is 0.205 e. The van der Waals surface area contributed by atoms with Gasteiger partial charge < -0.3 is 10.0 Å². The minimum atomic E-state index is -0.552. The molecule has 22 heavy (non-hydrogen) atoms. The van der Waals surface area contributed by atoms with Crippen molar-refractivity contribution in [1.82, 2.24) is 14.3 Å². The Morgan fingerprint density at radius 3 is 2.64 bits per heavy atom. The first-order chi connectivity index (χ1) is 10.6. The first kappa shape index (κ1) is 15.7. The summed E-state index contributed by atoms with van der Waals surface area (Å²) < 4.78 is 4.23. The molecule has 1 N–H and O–H groups in total. The van der Waals surface area contributed by atoms with Crippen LogP contribution in [0.4, 0.5) is 5.13 Å². The Morgan fingerprint density at radius 2 is 2.00 bits per heavy atom. The maximum atomic E-state index is 10.4. The van der Waals surface area contributed by atoms with Crippen molar-refractivity contribution in [3.8, 4) is 0 Å². The number of aryl methyl sites for hydroxylation is 1. The van der Waals surface area contributed by atoms with Crippen LogP contribution in [0.2, 0.25) is 5.02 Å². The van der Waals surface area contributed by atoms with Gasteiger partial charge in [-0.2, -0.15) is 4.37 Å². The third-order valence-corrected chi connectivity index (χ3v) is 5.07. The average Bonchev–Trinajstić information content (AvgIpc) is 2.95. The molecule has 1 aromatic carbocycles. The van der Waals surface area contributed by atoms with E-state index in [1.807, 2.05) is 31.2 Å². The van der Waals surface area contributed by atoms with Crippen molar-refractivity contribution < 1.29 is 5.11 Å². The van der Waals surface area contributed by atoms with Gasteiger partial charge in [-0.15, -0.1) is 0 Å². The predicted octanol–water partition coefficient (Wildman–Crippen LogP) is 2.36. The van der Waals surface area contributed by atoms with E-state index in [1.165, 1.54) is 11.5 Å². The molecule has 0 saturated carbocycles. The molecular formula is C15H19ClN4OS. The van der Waals surface area contributed by atoms with Gasteiger partial charge in [0, 0.05) is 54.8 Å². The van der Waals surface area contributed by atoms with Crippen LogP contribution >= 0.6 is 23.1 Å². The van der Waals surface area contributed by atoms with E-state index in [0.29, 0.717) is 11.6 Å². The number of halogens is 1. The van der Waals surface area contributed by atoms with Gasteiger partial charge in [-0.3, -0.25) is 4.90 Å². The van der Waals surface area contributed by atoms with Gasteiger partial charge in [0.15, 0.2) is 0 Å². The van der Waals surface area contributed by atoms with E-state index in [9.17, 15) is 5.11 Å². The van der Waals surface area contributed by atoms with Crippen LogP contribution < -0.4 is 4.90 Å². The van der Waals surface area contributed by atoms with Gasteiger partial charge in [0.1, 0.15) is 5.82 Å². The fourth-order valence-electron chi connectivity index (χ4n) is 2.62. The van der Waals surface area contributed by atoms with Crippen molar-refractivity contribution in [3.63, 3.8) is 0 Å². The molecule has 118 valence electrons. The lowest BCUT2D eigenvalue weighted by molar-refractivity contribution is 0.109. The number of rotatable bonds is 4. The highest BCUT2D eigenvalue weighted by Crippen LogP contribution is 2.24. The third-order valence-electron chi connectivity index (χ3n) is 3.86. The Balaban J connectivity index is 1.55. The highest BCUT2D eigenvalue weighted by atomic mass is 35.5. The van der Waals surface area contributed by atoms with Crippen LogP contribution in [0.15, 0.2) is 24.3 Å². The van der Waals surface area contributed by atoms with E-state index in [-0.39, 0.29) is 0 Å². The molecule has 1 aliphatic rings. The molecular weight excluding hydrogens is 320 g/mol. The van der Waals surface area contributed by atoms with Crippen molar-refractivity contribution in [3.05, 3.63) is 40.7 Å². The minimum Gasteiger partial charge on any atom is -0.387 e. The van der Waals surface area contributed by atoms with Gasteiger partial charge in [0.2, 0.25) is 5.13 Å². The summed E-state index contributed by atoms with van der Waals surface area (Å²) >= 11 is 7.59. The number of aromatic nitrogens is 2. The summed E-state index contributed by atoms with van der Waals surface area (Å²) in [6.45, 7) is 6.14. The topological polar surface area (TPSA) is 52.5 Å². The van der Waals surface area contributed by atoms with E-state index in [1.54, 1.807) is 0 Å². The van der Waals surface area contributed by atoms with Gasteiger partial charge >= 0.3 is 0 Å². The van der Waals surface area contributed by atoms with Crippen molar-refractivity contribution in [1.29, 1.82) is 0 Å². The van der Waals surface area contributed by atoms with E-state index >= 15 is 0 Å². The highest BCUT2D eigenvalue weighted by molar-refractivity contribution is 7.09. The number of hydrogen-bond donors (Lipinski definition) is 1. The van der Waals surface area contributed by atoms with Crippen LogP contribution in [-0.4, -0.2) is 52.1 Å². The molecule has 1 aliphatic heterocycles. The summed E-state index contributed by atoms with van der Waals surface area (Å²) in [6.07, 6.45) is -0.552. The predicted molar refractivity (Wildman–Crippen MR) is 89.7 cm³/mol. The highest BCUT2D eigenvalue weighted by Gasteiger charge is 2.22. The number of nitrogens with zero attached hydrogens (tertiary/aromatic N) is 4. The zero-order valence-corrected chi connectivity index (χ0v) is 14.0. The molecule has 3 rings (SSSR count). The molecule has 1 saturated heterocycles. The monoisotopic (exact) mass is 338 g/mol. The number of anilines is 1. The first-order valence-corrected chi connectivity index (χ1v) is 8.49. The second-order valence-corrected chi connectivity index (χ2v) is 6.59. The molecule has 7 heteroatoms. The molecule has 2 heterocycles. The standard InChI is InChI=1S/C15H19ClN4OS/c1-11-17-15(22-18-11)20-8-6-19(7-9-20)10-14(21)12-4-2-3-5-13(12)16/h2-5,14,21H,6-10H2,1H3. The number of aliphatic hydroxyl groups is 1. The molecule has 0 aliphatic carbocycles. The zero-order chi connectivity index (χ0) is 15.5. The van der Waals surface area contributed by atoms with E-state index in [0.717, 1.165) is 42.7 Å². The summed E-state index contributed by atoms with van der Waals surface area (Å²) in [5.74, 6) is 0.830. The molecule has 5 nitrogen and oxygen atoms in total. The lowest BCUT2D eigenvalue weighted by atomic mass is 10.1. The van der Waals surface area contributed by atoms with E-state index < -0.39 is 6.10 Å². The molecule has 1 fully saturated rings. The summed E-state index contributed by atoms with van der Waals surface area (Å²) in [6, 6.07) is 7.48. The number of hydrogen-bond acceptors (Lipinski definition) is 6. The molecule has 0 amide bonds. The second-order valence-electron chi connectivity index (χ2n) is 5.45. The summed E-state index contributed by atoms with van der Waals surface area (Å²) in [7, 11) is 0. The smallest absolute Gasteiger partial charge is 0.205 e. The molecule has 0 spiro atoms. The SMILES string of the molecule is Cc1nsc(N2CCN(CC(O)c3ccccc3Cl)CC2)n1. The number of piperazine rings is 1. The van der Waals surface area contributed by atoms with Crippen LogP contribution in [0.3, 0.4) is 0 Å². The Labute approximate surface area is 139 Å². The van der Waals surface area contributed by atoms with Crippen molar-refractivity contribution in [2.45, 2.75) is 13.0 Å². The number of aliphatic hydroxyl groups excluding tert-OH is 1. The largest absolute Gasteiger partial charge is 0.387 e. The van der Waals surface area contributed by atoms with Crippen LogP contribution in [0, 0.1) is 6.92 Å². The zero-order valence-electron chi connectivity index (χ0n) is 12.4. The fraction of sp³-hybridized carbons (Fsp3) is 0.467. The van der Waals surface area contributed by atoms with E-state index in [4.69, 9.17) is 11.6 Å². The summed E-state index contributed by atoms with van der Waals surface area (Å²) in [4.78, 5) is 8.94. The summed E-state index contributed by atoms with van der Waals surface area (Å²) in [5.41, 5.74) is 0.798. The van der Waals surface area contributed by atoms with E-state index in [2.05, 4.69) is 19.2 Å². The Morgan fingerprint density at radius 1 is 1.27 bits per heavy atom. The Bertz CT molecular complexity index is 628. The lowest BCUT2D eigenvalue weighted by Gasteiger charge is -2.35. The molecule has 1 atom stereocenters. The average molecular weight is 339 g/mol. The van der Waals surface area contributed by atoms with Crippen LogP contribution in [0.1, 0.15) is 17.5 Å². The lowest BCUT2D eigenvalue weighted by Crippen LogP contribution is -2.47. The Kier molecular flexibility index (Phi) is 4.93. The first-order valence-electron chi connectivity index (χ1n) is 7.33. The second kappa shape index (κ2) is 6.91. The quantitative estimate of drug-likeness (QED) is 0.927. The number of benzene rings is 1. The molecule has 0 radical (unpaired) electrons. The molecule has 1 aromatic heterocycles. The Hall–Kier alpha value is -1.21. The van der Waals surface area contributed by atoms with Gasteiger partial charge in [-0.05, 0) is 13.0 Å². The fourth-order valence-corrected chi connectivity index (χ4v) is 3.61. The summed E-state index contributed by atoms with van der Waals surface area (Å²) in [5, 5.41) is 12.0. The van der Waals surface area contributed by atoms with Crippen molar-refractivity contribution in [2.24, 2.45) is 0 Å². The van der Waals surface area contributed by atoms with Gasteiger partial charge in [0.25, 0.3) is 0 Å². The minimum absolute atomic E-state index is 0.552. The third kappa shape index (κ3) is 3.57. The molecule has 0 bridgehead atoms. The molecule has 2 aromatic rings. The van der Waals surface area contributed by atoms with Crippen molar-refractivity contribution in [2.75, 3.05) is 37.6 Å². The normalized spacial score (nSPS) is 17.7. The van der Waals surface area contributed by atoms with Crippen molar-refractivity contribution >= 4 is 28.3 Å². The van der Waals surface area contributed by atoms with Crippen LogP contribution in [0.25, 0.3) is 0 Å². The molecule has 1 unspecified atom stereocenters. The van der Waals surface area contributed by atoms with Gasteiger partial charge in [-0.25, -0.2) is 4.98 Å². The number of β-amino-alcohol motifs (C(OH)–C–C–N with tert-alkyl or cyclic N) is 1.